The summed E-state index contributed by atoms with van der Waals surface area (Å²) in [6.07, 6.45) is 1.57. The van der Waals surface area contributed by atoms with E-state index in [0.717, 1.165) is 16.5 Å². The SMILES string of the molecule is CC(C)(CN)c1cc(F)cc2ccoc12. The molecule has 0 spiro atoms. The van der Waals surface area contributed by atoms with E-state index in [4.69, 9.17) is 10.2 Å². The molecule has 0 saturated heterocycles. The lowest BCUT2D eigenvalue weighted by Gasteiger charge is -2.23. The fourth-order valence-corrected chi connectivity index (χ4v) is 1.66. The van der Waals surface area contributed by atoms with E-state index in [-0.39, 0.29) is 11.2 Å². The molecule has 2 aromatic rings. The number of hydrogen-bond donors (Lipinski definition) is 1. The summed E-state index contributed by atoms with van der Waals surface area (Å²) in [6, 6.07) is 4.72. The second-order valence-corrected chi connectivity index (χ2v) is 4.38. The number of furan rings is 1. The van der Waals surface area contributed by atoms with E-state index in [0.29, 0.717) is 6.54 Å². The van der Waals surface area contributed by atoms with E-state index in [1.807, 2.05) is 13.8 Å². The van der Waals surface area contributed by atoms with Gasteiger partial charge in [0.15, 0.2) is 0 Å². The number of rotatable bonds is 2. The topological polar surface area (TPSA) is 39.2 Å². The Morgan fingerprint density at radius 1 is 1.40 bits per heavy atom. The molecule has 1 heterocycles. The van der Waals surface area contributed by atoms with Gasteiger partial charge in [-0.15, -0.1) is 0 Å². The molecule has 1 aromatic carbocycles. The molecule has 1 aromatic heterocycles. The van der Waals surface area contributed by atoms with Crippen molar-refractivity contribution in [2.45, 2.75) is 19.3 Å². The molecular formula is C12H14FNO. The van der Waals surface area contributed by atoms with Gasteiger partial charge in [0.25, 0.3) is 0 Å². The first kappa shape index (κ1) is 10.2. The van der Waals surface area contributed by atoms with E-state index in [1.165, 1.54) is 12.1 Å². The molecule has 3 heteroatoms. The second-order valence-electron chi connectivity index (χ2n) is 4.38. The van der Waals surface area contributed by atoms with Crippen LogP contribution in [-0.4, -0.2) is 6.54 Å². The summed E-state index contributed by atoms with van der Waals surface area (Å²) in [5.74, 6) is -0.250. The lowest BCUT2D eigenvalue weighted by Crippen LogP contribution is -2.28. The van der Waals surface area contributed by atoms with Crippen molar-refractivity contribution < 1.29 is 8.81 Å². The van der Waals surface area contributed by atoms with Crippen LogP contribution in [0.5, 0.6) is 0 Å². The van der Waals surface area contributed by atoms with Crippen LogP contribution < -0.4 is 5.73 Å². The van der Waals surface area contributed by atoms with Gasteiger partial charge < -0.3 is 10.2 Å². The van der Waals surface area contributed by atoms with E-state index < -0.39 is 0 Å². The van der Waals surface area contributed by atoms with Gasteiger partial charge in [0, 0.05) is 22.9 Å². The molecule has 2 nitrogen and oxygen atoms in total. The van der Waals surface area contributed by atoms with Crippen LogP contribution in [0.1, 0.15) is 19.4 Å². The monoisotopic (exact) mass is 207 g/mol. The van der Waals surface area contributed by atoms with Crippen molar-refractivity contribution in [3.63, 3.8) is 0 Å². The zero-order valence-corrected chi connectivity index (χ0v) is 8.88. The third kappa shape index (κ3) is 1.63. The molecule has 2 rings (SSSR count). The fourth-order valence-electron chi connectivity index (χ4n) is 1.66. The van der Waals surface area contributed by atoms with Crippen LogP contribution in [0.25, 0.3) is 11.0 Å². The molecule has 0 fully saturated rings. The van der Waals surface area contributed by atoms with Gasteiger partial charge in [0.1, 0.15) is 11.4 Å². The number of halogens is 1. The van der Waals surface area contributed by atoms with Gasteiger partial charge in [-0.3, -0.25) is 0 Å². The molecule has 0 bridgehead atoms. The highest BCUT2D eigenvalue weighted by atomic mass is 19.1. The van der Waals surface area contributed by atoms with Gasteiger partial charge in [0.2, 0.25) is 0 Å². The zero-order valence-electron chi connectivity index (χ0n) is 8.88. The Hall–Kier alpha value is -1.35. The highest BCUT2D eigenvalue weighted by Gasteiger charge is 2.23. The summed E-state index contributed by atoms with van der Waals surface area (Å²) >= 11 is 0. The van der Waals surface area contributed by atoms with Crippen molar-refractivity contribution in [1.82, 2.24) is 0 Å². The molecule has 15 heavy (non-hydrogen) atoms. The fraction of sp³-hybridized carbons (Fsp3) is 0.333. The van der Waals surface area contributed by atoms with E-state index in [2.05, 4.69) is 0 Å². The number of benzene rings is 1. The standard InChI is InChI=1S/C12H14FNO/c1-12(2,7-14)10-6-9(13)5-8-3-4-15-11(8)10/h3-6H,7,14H2,1-2H3. The normalized spacial score (nSPS) is 12.3. The van der Waals surface area contributed by atoms with E-state index >= 15 is 0 Å². The maximum atomic E-state index is 13.4. The van der Waals surface area contributed by atoms with Crippen LogP contribution in [0.15, 0.2) is 28.9 Å². The Morgan fingerprint density at radius 3 is 2.80 bits per heavy atom. The first-order chi connectivity index (χ1) is 7.04. The van der Waals surface area contributed by atoms with Crippen molar-refractivity contribution in [1.29, 1.82) is 0 Å². The zero-order chi connectivity index (χ0) is 11.1. The molecule has 0 aliphatic carbocycles. The van der Waals surface area contributed by atoms with Crippen molar-refractivity contribution in [2.24, 2.45) is 5.73 Å². The van der Waals surface area contributed by atoms with Crippen LogP contribution in [-0.2, 0) is 5.41 Å². The highest BCUT2D eigenvalue weighted by molar-refractivity contribution is 5.81. The van der Waals surface area contributed by atoms with Crippen LogP contribution in [0.2, 0.25) is 0 Å². The third-order valence-corrected chi connectivity index (χ3v) is 2.76. The van der Waals surface area contributed by atoms with Gasteiger partial charge in [-0.05, 0) is 18.2 Å². The summed E-state index contributed by atoms with van der Waals surface area (Å²) in [4.78, 5) is 0. The molecule has 0 aliphatic heterocycles. The minimum Gasteiger partial charge on any atom is -0.464 e. The van der Waals surface area contributed by atoms with Crippen molar-refractivity contribution >= 4 is 11.0 Å². The molecule has 0 unspecified atom stereocenters. The molecule has 2 N–H and O–H groups in total. The summed E-state index contributed by atoms with van der Waals surface area (Å²) < 4.78 is 18.7. The van der Waals surface area contributed by atoms with Gasteiger partial charge in [0.05, 0.1) is 6.26 Å². The van der Waals surface area contributed by atoms with Gasteiger partial charge in [-0.1, -0.05) is 13.8 Å². The maximum absolute atomic E-state index is 13.4. The Bertz CT molecular complexity index is 487. The van der Waals surface area contributed by atoms with Crippen molar-refractivity contribution in [2.75, 3.05) is 6.54 Å². The smallest absolute Gasteiger partial charge is 0.137 e. The van der Waals surface area contributed by atoms with Crippen molar-refractivity contribution in [3.8, 4) is 0 Å². The Kier molecular flexibility index (Phi) is 2.27. The largest absolute Gasteiger partial charge is 0.464 e. The maximum Gasteiger partial charge on any atom is 0.137 e. The number of hydrogen-bond acceptors (Lipinski definition) is 2. The first-order valence-electron chi connectivity index (χ1n) is 4.92. The minimum absolute atomic E-state index is 0.250. The van der Waals surface area contributed by atoms with E-state index in [9.17, 15) is 4.39 Å². The molecule has 0 saturated carbocycles. The third-order valence-electron chi connectivity index (χ3n) is 2.76. The quantitative estimate of drug-likeness (QED) is 0.822. The lowest BCUT2D eigenvalue weighted by atomic mass is 9.84. The number of fused-ring (bicyclic) bond motifs is 1. The molecular weight excluding hydrogens is 193 g/mol. The summed E-state index contributed by atoms with van der Waals surface area (Å²) in [6.45, 7) is 4.40. The van der Waals surface area contributed by atoms with Crippen LogP contribution >= 0.6 is 0 Å². The van der Waals surface area contributed by atoms with Crippen LogP contribution in [0.3, 0.4) is 0 Å². The summed E-state index contributed by atoms with van der Waals surface area (Å²) in [5.41, 5.74) is 6.96. The predicted octanol–water partition coefficient (Wildman–Crippen LogP) is 2.81. The second kappa shape index (κ2) is 3.35. The average molecular weight is 207 g/mol. The summed E-state index contributed by atoms with van der Waals surface area (Å²) in [7, 11) is 0. The van der Waals surface area contributed by atoms with Crippen LogP contribution in [0, 0.1) is 5.82 Å². The molecule has 80 valence electrons. The first-order valence-corrected chi connectivity index (χ1v) is 4.92. The van der Waals surface area contributed by atoms with E-state index in [1.54, 1.807) is 12.3 Å². The number of nitrogens with two attached hydrogens (primary N) is 1. The summed E-state index contributed by atoms with van der Waals surface area (Å²) in [5, 5.41) is 0.784. The van der Waals surface area contributed by atoms with Crippen LogP contribution in [0.4, 0.5) is 4.39 Å². The Labute approximate surface area is 87.9 Å². The lowest BCUT2D eigenvalue weighted by molar-refractivity contribution is 0.517. The predicted molar refractivity (Wildman–Crippen MR) is 58.3 cm³/mol. The molecule has 0 atom stereocenters. The molecule has 0 amide bonds. The van der Waals surface area contributed by atoms with Crippen molar-refractivity contribution in [3.05, 3.63) is 35.8 Å². The van der Waals surface area contributed by atoms with Gasteiger partial charge in [-0.2, -0.15) is 0 Å². The molecule has 0 aliphatic rings. The minimum atomic E-state index is -0.280. The average Bonchev–Trinajstić information content (AvgIpc) is 2.63. The van der Waals surface area contributed by atoms with Gasteiger partial charge >= 0.3 is 0 Å². The van der Waals surface area contributed by atoms with Gasteiger partial charge in [-0.25, -0.2) is 4.39 Å². The Balaban J connectivity index is 2.73. The highest BCUT2D eigenvalue weighted by Crippen LogP contribution is 2.31. The molecule has 0 radical (unpaired) electrons. The Morgan fingerprint density at radius 2 is 2.13 bits per heavy atom.